The summed E-state index contributed by atoms with van der Waals surface area (Å²) in [5, 5.41) is 3.85. The molecule has 2 heterocycles. The molecule has 1 aliphatic rings. The largest absolute Gasteiger partial charge is 0.454 e. The lowest BCUT2D eigenvalue weighted by Gasteiger charge is -2.18. The smallest absolute Gasteiger partial charge is 0.326 e. The number of nitrogens with zero attached hydrogens (tertiary/aromatic N) is 2. The first-order valence-corrected chi connectivity index (χ1v) is 8.77. The fourth-order valence-corrected chi connectivity index (χ4v) is 3.24. The van der Waals surface area contributed by atoms with Crippen molar-refractivity contribution < 1.29 is 23.9 Å². The van der Waals surface area contributed by atoms with Crippen molar-refractivity contribution in [3.8, 4) is 0 Å². The molecule has 0 bridgehead atoms. The Hall–Kier alpha value is -3.00. The van der Waals surface area contributed by atoms with Gasteiger partial charge in [0.15, 0.2) is 6.61 Å². The summed E-state index contributed by atoms with van der Waals surface area (Å²) in [6, 6.07) is 8.35. The molecule has 0 saturated heterocycles. The van der Waals surface area contributed by atoms with Crippen molar-refractivity contribution in [3.05, 3.63) is 52.2 Å². The van der Waals surface area contributed by atoms with Gasteiger partial charge in [0.2, 0.25) is 0 Å². The molecule has 2 aromatic rings. The Kier molecular flexibility index (Phi) is 5.13. The van der Waals surface area contributed by atoms with Gasteiger partial charge in [-0.2, -0.15) is 11.3 Å². The lowest BCUT2D eigenvalue weighted by molar-refractivity contribution is -0.150. The molecule has 2 amide bonds. The highest BCUT2D eigenvalue weighted by Crippen LogP contribution is 2.28. The average Bonchev–Trinajstić information content (AvgIpc) is 3.23. The number of thiophene rings is 1. The summed E-state index contributed by atoms with van der Waals surface area (Å²) in [5.74, 6) is -2.53. The number of benzene rings is 1. The Morgan fingerprint density at radius 2 is 1.96 bits per heavy atom. The summed E-state index contributed by atoms with van der Waals surface area (Å²) < 4.78 is 4.97. The zero-order chi connectivity index (χ0) is 18.7. The molecule has 0 atom stereocenters. The number of para-hydroxylation sites is 1. The number of hydrogen-bond acceptors (Lipinski definition) is 6. The second-order valence-corrected chi connectivity index (χ2v) is 6.56. The van der Waals surface area contributed by atoms with Crippen LogP contribution in [0.3, 0.4) is 0 Å². The van der Waals surface area contributed by atoms with E-state index in [1.54, 1.807) is 25.2 Å². The third-order valence-corrected chi connectivity index (χ3v) is 4.68. The van der Waals surface area contributed by atoms with Crippen molar-refractivity contribution in [2.75, 3.05) is 25.1 Å². The minimum atomic E-state index is -0.774. The van der Waals surface area contributed by atoms with Gasteiger partial charge in [0.05, 0.1) is 11.3 Å². The van der Waals surface area contributed by atoms with Crippen LogP contribution in [0, 0.1) is 0 Å². The molecule has 26 heavy (non-hydrogen) atoms. The van der Waals surface area contributed by atoms with Crippen LogP contribution in [0.4, 0.5) is 5.69 Å². The van der Waals surface area contributed by atoms with E-state index in [2.05, 4.69) is 0 Å². The standard InChI is InChI=1S/C18H16N2O5S/c1-19(8-12-6-7-26-11-12)15(21)10-25-16(22)9-20-14-5-3-2-4-13(14)17(23)18(20)24/h2-7,11H,8-10H2,1H3. The van der Waals surface area contributed by atoms with Gasteiger partial charge in [0.1, 0.15) is 6.54 Å². The first-order valence-electron chi connectivity index (χ1n) is 7.83. The maximum absolute atomic E-state index is 12.0. The lowest BCUT2D eigenvalue weighted by atomic mass is 10.1. The molecular formula is C18H16N2O5S. The van der Waals surface area contributed by atoms with Crippen LogP contribution in [-0.2, 0) is 25.7 Å². The normalized spacial score (nSPS) is 12.9. The van der Waals surface area contributed by atoms with Crippen LogP contribution in [0.5, 0.6) is 0 Å². The Morgan fingerprint density at radius 1 is 1.19 bits per heavy atom. The van der Waals surface area contributed by atoms with Gasteiger partial charge in [-0.1, -0.05) is 12.1 Å². The second-order valence-electron chi connectivity index (χ2n) is 5.78. The number of hydrogen-bond donors (Lipinski definition) is 0. The monoisotopic (exact) mass is 372 g/mol. The molecule has 0 spiro atoms. The SMILES string of the molecule is CN(Cc1ccsc1)C(=O)COC(=O)CN1C(=O)C(=O)c2ccccc21. The zero-order valence-electron chi connectivity index (χ0n) is 14.0. The quantitative estimate of drug-likeness (QED) is 0.566. The van der Waals surface area contributed by atoms with Gasteiger partial charge in [-0.15, -0.1) is 0 Å². The van der Waals surface area contributed by atoms with Gasteiger partial charge < -0.3 is 9.64 Å². The number of fused-ring (bicyclic) bond motifs is 1. The van der Waals surface area contributed by atoms with Gasteiger partial charge in [0.25, 0.3) is 17.6 Å². The average molecular weight is 372 g/mol. The summed E-state index contributed by atoms with van der Waals surface area (Å²) in [6.07, 6.45) is 0. The minimum Gasteiger partial charge on any atom is -0.454 e. The Morgan fingerprint density at radius 3 is 2.69 bits per heavy atom. The maximum Gasteiger partial charge on any atom is 0.326 e. The van der Waals surface area contributed by atoms with Crippen molar-refractivity contribution in [2.24, 2.45) is 0 Å². The number of Topliss-reactive ketones (excluding diaryl/α,β-unsaturated/α-hetero) is 1. The van der Waals surface area contributed by atoms with E-state index in [0.29, 0.717) is 12.2 Å². The van der Waals surface area contributed by atoms with Crippen LogP contribution in [0.2, 0.25) is 0 Å². The molecule has 1 aromatic heterocycles. The Labute approximate surface area is 153 Å². The van der Waals surface area contributed by atoms with Crippen LogP contribution in [0.15, 0.2) is 41.1 Å². The van der Waals surface area contributed by atoms with Gasteiger partial charge in [-0.3, -0.25) is 24.1 Å². The summed E-state index contributed by atoms with van der Waals surface area (Å²) in [5.41, 5.74) is 1.63. The highest BCUT2D eigenvalue weighted by molar-refractivity contribution is 7.07. The topological polar surface area (TPSA) is 84.0 Å². The van der Waals surface area contributed by atoms with E-state index in [9.17, 15) is 19.2 Å². The van der Waals surface area contributed by atoms with Gasteiger partial charge in [0, 0.05) is 13.6 Å². The van der Waals surface area contributed by atoms with E-state index < -0.39 is 30.8 Å². The summed E-state index contributed by atoms with van der Waals surface area (Å²) in [6.45, 7) is -0.410. The van der Waals surface area contributed by atoms with Crippen molar-refractivity contribution >= 4 is 40.6 Å². The molecule has 7 nitrogen and oxygen atoms in total. The first-order chi connectivity index (χ1) is 12.5. The van der Waals surface area contributed by atoms with Gasteiger partial charge in [-0.05, 0) is 34.5 Å². The fourth-order valence-electron chi connectivity index (χ4n) is 2.58. The number of esters is 1. The Balaban J connectivity index is 1.54. The van der Waals surface area contributed by atoms with E-state index >= 15 is 0 Å². The number of ketones is 1. The first kappa shape index (κ1) is 17.8. The van der Waals surface area contributed by atoms with Crippen LogP contribution < -0.4 is 4.90 Å². The maximum atomic E-state index is 12.0. The number of amides is 2. The zero-order valence-corrected chi connectivity index (χ0v) is 14.8. The third-order valence-electron chi connectivity index (χ3n) is 3.95. The van der Waals surface area contributed by atoms with Crippen LogP contribution in [0.1, 0.15) is 15.9 Å². The molecule has 1 aliphatic heterocycles. The molecule has 3 rings (SSSR count). The van der Waals surface area contributed by atoms with Gasteiger partial charge >= 0.3 is 5.97 Å². The summed E-state index contributed by atoms with van der Waals surface area (Å²) in [4.78, 5) is 50.5. The molecule has 0 fully saturated rings. The van der Waals surface area contributed by atoms with E-state index in [1.165, 1.54) is 22.3 Å². The van der Waals surface area contributed by atoms with Gasteiger partial charge in [-0.25, -0.2) is 0 Å². The predicted octanol–water partition coefficient (Wildman–Crippen LogP) is 1.48. The lowest BCUT2D eigenvalue weighted by Crippen LogP contribution is -2.37. The predicted molar refractivity (Wildman–Crippen MR) is 94.9 cm³/mol. The molecule has 0 saturated carbocycles. The Bertz CT molecular complexity index is 862. The van der Waals surface area contributed by atoms with Crippen LogP contribution >= 0.6 is 11.3 Å². The number of rotatable bonds is 6. The number of carbonyl (C=O) groups is 4. The molecule has 0 radical (unpaired) electrons. The highest BCUT2D eigenvalue weighted by atomic mass is 32.1. The number of likely N-dealkylation sites (N-methyl/N-ethyl adjacent to an activating group) is 1. The molecular weight excluding hydrogens is 356 g/mol. The molecule has 134 valence electrons. The number of ether oxygens (including phenoxy) is 1. The van der Waals surface area contributed by atoms with E-state index in [-0.39, 0.29) is 11.5 Å². The summed E-state index contributed by atoms with van der Waals surface area (Å²) >= 11 is 1.54. The molecule has 8 heteroatoms. The number of anilines is 1. The third kappa shape index (κ3) is 3.65. The van der Waals surface area contributed by atoms with Crippen molar-refractivity contribution in [3.63, 3.8) is 0 Å². The fraction of sp³-hybridized carbons (Fsp3) is 0.222. The number of carbonyl (C=O) groups excluding carboxylic acids is 4. The highest BCUT2D eigenvalue weighted by Gasteiger charge is 2.36. The molecule has 1 aromatic carbocycles. The summed E-state index contributed by atoms with van der Waals surface area (Å²) in [7, 11) is 1.62. The van der Waals surface area contributed by atoms with E-state index in [1.807, 2.05) is 16.8 Å². The minimum absolute atomic E-state index is 0.261. The molecule has 0 N–H and O–H groups in total. The van der Waals surface area contributed by atoms with Crippen LogP contribution in [-0.4, -0.2) is 48.7 Å². The molecule has 0 aliphatic carbocycles. The molecule has 0 unspecified atom stereocenters. The van der Waals surface area contributed by atoms with E-state index in [0.717, 1.165) is 10.5 Å². The van der Waals surface area contributed by atoms with E-state index in [4.69, 9.17) is 4.74 Å². The van der Waals surface area contributed by atoms with Crippen molar-refractivity contribution in [1.29, 1.82) is 0 Å². The van der Waals surface area contributed by atoms with Crippen molar-refractivity contribution in [1.82, 2.24) is 4.90 Å². The second kappa shape index (κ2) is 7.49. The van der Waals surface area contributed by atoms with Crippen LogP contribution in [0.25, 0.3) is 0 Å². The van der Waals surface area contributed by atoms with Crippen molar-refractivity contribution in [2.45, 2.75) is 6.54 Å².